The van der Waals surface area contributed by atoms with Crippen LogP contribution in [0.3, 0.4) is 0 Å². The molecule has 1 aromatic heterocycles. The molecule has 0 unspecified atom stereocenters. The van der Waals surface area contributed by atoms with Crippen molar-refractivity contribution in [3.63, 3.8) is 0 Å². The van der Waals surface area contributed by atoms with Crippen LogP contribution in [0.5, 0.6) is 0 Å². The van der Waals surface area contributed by atoms with Crippen LogP contribution in [0.4, 0.5) is 0 Å². The Kier molecular flexibility index (Phi) is 3.44. The molecule has 0 aliphatic carbocycles. The summed E-state index contributed by atoms with van der Waals surface area (Å²) >= 11 is 0. The number of esters is 1. The number of rotatable bonds is 3. The van der Waals surface area contributed by atoms with Crippen molar-refractivity contribution in [1.82, 2.24) is 9.78 Å². The van der Waals surface area contributed by atoms with E-state index in [2.05, 4.69) is 23.3 Å². The van der Waals surface area contributed by atoms with E-state index >= 15 is 0 Å². The number of benzene rings is 2. The third-order valence-electron chi connectivity index (χ3n) is 3.60. The number of nitrogens with zero attached hydrogens (tertiary/aromatic N) is 2. The highest BCUT2D eigenvalue weighted by atomic mass is 16.5. The number of fused-ring (bicyclic) bond motifs is 1. The first kappa shape index (κ1) is 13.4. The van der Waals surface area contributed by atoms with Crippen LogP contribution in [0, 0.1) is 0 Å². The van der Waals surface area contributed by atoms with Crippen molar-refractivity contribution in [2.24, 2.45) is 0 Å². The van der Waals surface area contributed by atoms with Gasteiger partial charge in [-0.3, -0.25) is 0 Å². The number of carbonyl (C=O) groups is 1. The fourth-order valence-electron chi connectivity index (χ4n) is 2.60. The molecular formula is C17H16N2O2. The Morgan fingerprint density at radius 2 is 1.95 bits per heavy atom. The van der Waals surface area contributed by atoms with Gasteiger partial charge in [0.05, 0.1) is 24.7 Å². The second-order valence-electron chi connectivity index (χ2n) is 4.76. The Labute approximate surface area is 123 Å². The Hall–Kier alpha value is -2.62. The Morgan fingerprint density at radius 3 is 2.71 bits per heavy atom. The fraction of sp³-hybridized carbons (Fsp3) is 0.176. The summed E-state index contributed by atoms with van der Waals surface area (Å²) in [5, 5.41) is 6.64. The van der Waals surface area contributed by atoms with Gasteiger partial charge >= 0.3 is 5.97 Å². The molecule has 3 rings (SSSR count). The van der Waals surface area contributed by atoms with Crippen molar-refractivity contribution in [2.45, 2.75) is 13.3 Å². The van der Waals surface area contributed by atoms with Crippen molar-refractivity contribution in [1.29, 1.82) is 0 Å². The van der Waals surface area contributed by atoms with Crippen LogP contribution in [-0.4, -0.2) is 22.9 Å². The molecule has 0 bridgehead atoms. The molecule has 0 saturated carbocycles. The summed E-state index contributed by atoms with van der Waals surface area (Å²) in [5.74, 6) is -0.349. The Bertz CT molecular complexity index is 800. The maximum Gasteiger partial charge on any atom is 0.341 e. The predicted molar refractivity (Wildman–Crippen MR) is 81.8 cm³/mol. The first-order valence-corrected chi connectivity index (χ1v) is 6.89. The average Bonchev–Trinajstić information content (AvgIpc) is 2.97. The van der Waals surface area contributed by atoms with E-state index in [1.165, 1.54) is 7.11 Å². The lowest BCUT2D eigenvalue weighted by atomic mass is 10.1. The SMILES string of the molecule is CCc1c(C(=O)OC)cnn1-c1cccc2ccccc12. The molecule has 0 radical (unpaired) electrons. The lowest BCUT2D eigenvalue weighted by molar-refractivity contribution is 0.0599. The summed E-state index contributed by atoms with van der Waals surface area (Å²) in [6.07, 6.45) is 2.28. The van der Waals surface area contributed by atoms with Crippen LogP contribution in [0.1, 0.15) is 23.0 Å². The van der Waals surface area contributed by atoms with Gasteiger partial charge in [-0.15, -0.1) is 0 Å². The predicted octanol–water partition coefficient (Wildman–Crippen LogP) is 3.37. The summed E-state index contributed by atoms with van der Waals surface area (Å²) in [4.78, 5) is 11.8. The molecule has 0 fully saturated rings. The van der Waals surface area contributed by atoms with E-state index < -0.39 is 0 Å². The molecule has 4 nitrogen and oxygen atoms in total. The highest BCUT2D eigenvalue weighted by Gasteiger charge is 2.18. The lowest BCUT2D eigenvalue weighted by Crippen LogP contribution is -2.07. The minimum absolute atomic E-state index is 0.349. The average molecular weight is 280 g/mol. The largest absolute Gasteiger partial charge is 0.465 e. The number of aromatic nitrogens is 2. The molecule has 0 spiro atoms. The van der Waals surface area contributed by atoms with Gasteiger partial charge in [0, 0.05) is 5.39 Å². The van der Waals surface area contributed by atoms with Crippen LogP contribution >= 0.6 is 0 Å². The van der Waals surface area contributed by atoms with E-state index in [9.17, 15) is 4.79 Å². The van der Waals surface area contributed by atoms with Gasteiger partial charge in [0.25, 0.3) is 0 Å². The van der Waals surface area contributed by atoms with Crippen LogP contribution in [-0.2, 0) is 11.2 Å². The van der Waals surface area contributed by atoms with E-state index in [-0.39, 0.29) is 5.97 Å². The maximum absolute atomic E-state index is 11.8. The van der Waals surface area contributed by atoms with Crippen molar-refractivity contribution >= 4 is 16.7 Å². The molecule has 2 aromatic carbocycles. The highest BCUT2D eigenvalue weighted by molar-refractivity contribution is 5.92. The summed E-state index contributed by atoms with van der Waals surface area (Å²) < 4.78 is 6.65. The van der Waals surface area contributed by atoms with Crippen molar-refractivity contribution in [3.8, 4) is 5.69 Å². The zero-order valence-electron chi connectivity index (χ0n) is 12.0. The van der Waals surface area contributed by atoms with Gasteiger partial charge in [0.15, 0.2) is 0 Å². The number of ether oxygens (including phenoxy) is 1. The van der Waals surface area contributed by atoms with Gasteiger partial charge in [-0.2, -0.15) is 5.10 Å². The molecule has 0 amide bonds. The molecule has 4 heteroatoms. The van der Waals surface area contributed by atoms with Crippen LogP contribution in [0.2, 0.25) is 0 Å². The summed E-state index contributed by atoms with van der Waals surface area (Å²) in [6, 6.07) is 14.2. The summed E-state index contributed by atoms with van der Waals surface area (Å²) in [7, 11) is 1.39. The van der Waals surface area contributed by atoms with Gasteiger partial charge in [-0.05, 0) is 17.9 Å². The highest BCUT2D eigenvalue weighted by Crippen LogP contribution is 2.24. The standard InChI is InChI=1S/C17H16N2O2/c1-3-15-14(17(20)21-2)11-18-19(15)16-10-6-8-12-7-4-5-9-13(12)16/h4-11H,3H2,1-2H3. The van der Waals surface area contributed by atoms with Gasteiger partial charge in [-0.1, -0.05) is 43.3 Å². The summed E-state index contributed by atoms with van der Waals surface area (Å²) in [6.45, 7) is 2.01. The molecule has 21 heavy (non-hydrogen) atoms. The second kappa shape index (κ2) is 5.40. The Morgan fingerprint density at radius 1 is 1.19 bits per heavy atom. The second-order valence-corrected chi connectivity index (χ2v) is 4.76. The van der Waals surface area contributed by atoms with Gasteiger partial charge < -0.3 is 4.74 Å². The fourth-order valence-corrected chi connectivity index (χ4v) is 2.60. The third kappa shape index (κ3) is 2.18. The molecule has 1 heterocycles. The number of hydrogen-bond donors (Lipinski definition) is 0. The number of carbonyl (C=O) groups excluding carboxylic acids is 1. The number of methoxy groups -OCH3 is 1. The van der Waals surface area contributed by atoms with Gasteiger partial charge in [0.1, 0.15) is 5.56 Å². The normalized spacial score (nSPS) is 10.8. The van der Waals surface area contributed by atoms with Gasteiger partial charge in [0.2, 0.25) is 0 Å². The zero-order valence-corrected chi connectivity index (χ0v) is 12.0. The molecule has 0 N–H and O–H groups in total. The van der Waals surface area contributed by atoms with Crippen LogP contribution in [0.25, 0.3) is 16.5 Å². The molecule has 0 aliphatic heterocycles. The first-order chi connectivity index (χ1) is 10.3. The zero-order chi connectivity index (χ0) is 14.8. The van der Waals surface area contributed by atoms with E-state index in [1.807, 2.05) is 35.9 Å². The molecule has 0 saturated heterocycles. The minimum atomic E-state index is -0.349. The third-order valence-corrected chi connectivity index (χ3v) is 3.60. The van der Waals surface area contributed by atoms with Crippen molar-refractivity contribution < 1.29 is 9.53 Å². The topological polar surface area (TPSA) is 44.1 Å². The maximum atomic E-state index is 11.8. The summed E-state index contributed by atoms with van der Waals surface area (Å²) in [5.41, 5.74) is 2.35. The molecular weight excluding hydrogens is 264 g/mol. The Balaban J connectivity index is 2.24. The lowest BCUT2D eigenvalue weighted by Gasteiger charge is -2.10. The van der Waals surface area contributed by atoms with Crippen LogP contribution < -0.4 is 0 Å². The van der Waals surface area contributed by atoms with E-state index in [0.717, 1.165) is 22.2 Å². The smallest absolute Gasteiger partial charge is 0.341 e. The quantitative estimate of drug-likeness (QED) is 0.691. The number of hydrogen-bond acceptors (Lipinski definition) is 3. The molecule has 0 atom stereocenters. The van der Waals surface area contributed by atoms with E-state index in [0.29, 0.717) is 12.0 Å². The minimum Gasteiger partial charge on any atom is -0.465 e. The van der Waals surface area contributed by atoms with Crippen molar-refractivity contribution in [2.75, 3.05) is 7.11 Å². The van der Waals surface area contributed by atoms with Crippen molar-refractivity contribution in [3.05, 3.63) is 59.9 Å². The van der Waals surface area contributed by atoms with Crippen LogP contribution in [0.15, 0.2) is 48.7 Å². The first-order valence-electron chi connectivity index (χ1n) is 6.89. The van der Waals surface area contributed by atoms with Gasteiger partial charge in [-0.25, -0.2) is 9.48 Å². The molecule has 106 valence electrons. The van der Waals surface area contributed by atoms with E-state index in [1.54, 1.807) is 6.20 Å². The van der Waals surface area contributed by atoms with E-state index in [4.69, 9.17) is 4.74 Å². The monoisotopic (exact) mass is 280 g/mol. The molecule has 0 aliphatic rings. The molecule has 3 aromatic rings.